The number of amides is 1. The molecule has 0 radical (unpaired) electrons. The van der Waals surface area contributed by atoms with Crippen LogP contribution < -0.4 is 19.3 Å². The van der Waals surface area contributed by atoms with Gasteiger partial charge in [-0.3, -0.25) is 9.10 Å². The van der Waals surface area contributed by atoms with Gasteiger partial charge in [-0.1, -0.05) is 6.07 Å². The van der Waals surface area contributed by atoms with Crippen LogP contribution in [0.3, 0.4) is 0 Å². The second kappa shape index (κ2) is 8.16. The monoisotopic (exact) mass is 431 g/mol. The van der Waals surface area contributed by atoms with Gasteiger partial charge in [0.1, 0.15) is 5.75 Å². The maximum Gasteiger partial charge on any atom is 0.267 e. The summed E-state index contributed by atoms with van der Waals surface area (Å²) in [7, 11) is -3.55. The Labute approximate surface area is 176 Å². The zero-order valence-corrected chi connectivity index (χ0v) is 17.8. The van der Waals surface area contributed by atoms with Gasteiger partial charge in [-0.2, -0.15) is 0 Å². The van der Waals surface area contributed by atoms with Gasteiger partial charge >= 0.3 is 0 Å². The van der Waals surface area contributed by atoms with Gasteiger partial charge < -0.3 is 19.7 Å². The number of aryl methyl sites for hydroxylation is 1. The molecule has 1 saturated heterocycles. The van der Waals surface area contributed by atoms with Crippen LogP contribution in [0.5, 0.6) is 5.75 Å². The number of hydrogen-bond donors (Lipinski definition) is 1. The Balaban J connectivity index is 1.49. The number of rotatable bonds is 4. The Morgan fingerprint density at radius 3 is 2.47 bits per heavy atom. The van der Waals surface area contributed by atoms with Crippen LogP contribution in [0.2, 0.25) is 0 Å². The van der Waals surface area contributed by atoms with Crippen molar-refractivity contribution in [1.29, 1.82) is 0 Å². The van der Waals surface area contributed by atoms with Crippen LogP contribution in [0.1, 0.15) is 5.56 Å². The summed E-state index contributed by atoms with van der Waals surface area (Å²) in [5.74, 6) is -0.00980. The van der Waals surface area contributed by atoms with E-state index < -0.39 is 22.0 Å². The van der Waals surface area contributed by atoms with Crippen molar-refractivity contribution in [2.45, 2.75) is 13.0 Å². The van der Waals surface area contributed by atoms with Crippen molar-refractivity contribution in [1.82, 2.24) is 0 Å². The second-order valence-electron chi connectivity index (χ2n) is 7.51. The van der Waals surface area contributed by atoms with E-state index in [0.717, 1.165) is 30.6 Å². The molecule has 1 amide bonds. The molecule has 2 heterocycles. The molecule has 0 bridgehead atoms. The van der Waals surface area contributed by atoms with Gasteiger partial charge in [0, 0.05) is 24.5 Å². The smallest absolute Gasteiger partial charge is 0.267 e. The zero-order chi connectivity index (χ0) is 21.3. The molecule has 1 atom stereocenters. The average molecular weight is 432 g/mol. The number of nitrogens with zero attached hydrogens (tertiary/aromatic N) is 2. The van der Waals surface area contributed by atoms with Crippen LogP contribution in [0, 0.1) is 6.92 Å². The molecule has 0 aromatic heterocycles. The topological polar surface area (TPSA) is 88.2 Å². The van der Waals surface area contributed by atoms with Crippen molar-refractivity contribution >= 4 is 33.0 Å². The first-order valence-corrected chi connectivity index (χ1v) is 11.6. The van der Waals surface area contributed by atoms with Crippen LogP contribution >= 0.6 is 0 Å². The van der Waals surface area contributed by atoms with E-state index in [2.05, 4.69) is 10.2 Å². The van der Waals surface area contributed by atoms with Gasteiger partial charge in [-0.15, -0.1) is 0 Å². The standard InChI is InChI=1S/C21H25N3O5S/c1-15-3-8-18-19(13-15)29-20(14-24(18)30(2,26)27)21(25)22-16-4-6-17(7-5-16)23-9-11-28-12-10-23/h3-8,13,20H,9-12,14H2,1-2H3,(H,22,25). The molecule has 0 aliphatic carbocycles. The number of hydrogen-bond acceptors (Lipinski definition) is 6. The Morgan fingerprint density at radius 1 is 1.10 bits per heavy atom. The minimum Gasteiger partial charge on any atom is -0.476 e. The molecular weight excluding hydrogens is 406 g/mol. The Kier molecular flexibility index (Phi) is 5.57. The van der Waals surface area contributed by atoms with Crippen molar-refractivity contribution in [3.63, 3.8) is 0 Å². The molecule has 0 spiro atoms. The van der Waals surface area contributed by atoms with Crippen LogP contribution in [0.25, 0.3) is 0 Å². The van der Waals surface area contributed by atoms with Crippen molar-refractivity contribution < 1.29 is 22.7 Å². The molecule has 30 heavy (non-hydrogen) atoms. The van der Waals surface area contributed by atoms with E-state index in [1.54, 1.807) is 12.1 Å². The number of carbonyl (C=O) groups is 1. The number of morpholine rings is 1. The zero-order valence-electron chi connectivity index (χ0n) is 17.0. The highest BCUT2D eigenvalue weighted by atomic mass is 32.2. The first-order valence-electron chi connectivity index (χ1n) is 9.80. The highest BCUT2D eigenvalue weighted by molar-refractivity contribution is 7.92. The minimum absolute atomic E-state index is 0.0768. The van der Waals surface area contributed by atoms with Gasteiger partial charge in [-0.05, 0) is 48.9 Å². The third kappa shape index (κ3) is 4.36. The van der Waals surface area contributed by atoms with Gasteiger partial charge in [0.25, 0.3) is 5.91 Å². The first-order chi connectivity index (χ1) is 14.3. The van der Waals surface area contributed by atoms with Crippen molar-refractivity contribution in [2.24, 2.45) is 0 Å². The highest BCUT2D eigenvalue weighted by Gasteiger charge is 2.35. The predicted molar refractivity (Wildman–Crippen MR) is 116 cm³/mol. The summed E-state index contributed by atoms with van der Waals surface area (Å²) >= 11 is 0. The molecule has 4 rings (SSSR count). The largest absolute Gasteiger partial charge is 0.476 e. The van der Waals surface area contributed by atoms with E-state index in [0.29, 0.717) is 30.3 Å². The van der Waals surface area contributed by atoms with E-state index in [9.17, 15) is 13.2 Å². The summed E-state index contributed by atoms with van der Waals surface area (Å²) in [6, 6.07) is 12.8. The summed E-state index contributed by atoms with van der Waals surface area (Å²) in [5, 5.41) is 2.83. The molecule has 1 unspecified atom stereocenters. The summed E-state index contributed by atoms with van der Waals surface area (Å²) in [6.07, 6.45) is 0.175. The fraction of sp³-hybridized carbons (Fsp3) is 0.381. The van der Waals surface area contributed by atoms with E-state index in [-0.39, 0.29) is 6.54 Å². The van der Waals surface area contributed by atoms with Crippen molar-refractivity contribution in [3.8, 4) is 5.75 Å². The third-order valence-corrected chi connectivity index (χ3v) is 6.34. The SMILES string of the molecule is Cc1ccc2c(c1)OC(C(=O)Nc1ccc(N3CCOCC3)cc1)CN2S(C)(=O)=O. The van der Waals surface area contributed by atoms with Crippen LogP contribution in [0.15, 0.2) is 42.5 Å². The van der Waals surface area contributed by atoms with Crippen LogP contribution in [-0.4, -0.2) is 59.5 Å². The maximum atomic E-state index is 12.8. The number of anilines is 3. The molecule has 2 aromatic carbocycles. The lowest BCUT2D eigenvalue weighted by Gasteiger charge is -2.34. The highest BCUT2D eigenvalue weighted by Crippen LogP contribution is 2.36. The molecule has 0 saturated carbocycles. The minimum atomic E-state index is -3.55. The molecule has 1 fully saturated rings. The molecule has 9 heteroatoms. The number of sulfonamides is 1. The number of fused-ring (bicyclic) bond motifs is 1. The van der Waals surface area contributed by atoms with Gasteiger partial charge in [0.2, 0.25) is 10.0 Å². The average Bonchev–Trinajstić information content (AvgIpc) is 2.73. The molecule has 2 aliphatic rings. The summed E-state index contributed by atoms with van der Waals surface area (Å²) in [5.41, 5.74) is 3.06. The van der Waals surface area contributed by atoms with Crippen LogP contribution in [-0.2, 0) is 19.6 Å². The number of benzene rings is 2. The van der Waals surface area contributed by atoms with Crippen LogP contribution in [0.4, 0.5) is 17.1 Å². The van der Waals surface area contributed by atoms with Crippen molar-refractivity contribution in [3.05, 3.63) is 48.0 Å². The molecule has 2 aliphatic heterocycles. The lowest BCUT2D eigenvalue weighted by atomic mass is 10.1. The Bertz CT molecular complexity index is 1030. The van der Waals surface area contributed by atoms with E-state index in [1.807, 2.05) is 37.3 Å². The van der Waals surface area contributed by atoms with Gasteiger partial charge in [0.15, 0.2) is 6.10 Å². The Hall–Kier alpha value is -2.78. The third-order valence-electron chi connectivity index (χ3n) is 5.19. The molecule has 8 nitrogen and oxygen atoms in total. The Morgan fingerprint density at radius 2 is 1.80 bits per heavy atom. The number of carbonyl (C=O) groups excluding carboxylic acids is 1. The normalized spacial score (nSPS) is 19.1. The summed E-state index contributed by atoms with van der Waals surface area (Å²) in [4.78, 5) is 15.1. The quantitative estimate of drug-likeness (QED) is 0.797. The summed E-state index contributed by atoms with van der Waals surface area (Å²) < 4.78 is 37.0. The molecule has 2 aromatic rings. The molecular formula is C21H25N3O5S. The van der Waals surface area contributed by atoms with E-state index in [1.165, 1.54) is 4.31 Å². The maximum absolute atomic E-state index is 12.8. The second-order valence-corrected chi connectivity index (χ2v) is 9.41. The summed E-state index contributed by atoms with van der Waals surface area (Å²) in [6.45, 7) is 4.88. The first kappa shape index (κ1) is 20.5. The fourth-order valence-corrected chi connectivity index (χ4v) is 4.53. The van der Waals surface area contributed by atoms with Crippen molar-refractivity contribution in [2.75, 3.05) is 53.6 Å². The number of ether oxygens (including phenoxy) is 2. The lowest BCUT2D eigenvalue weighted by molar-refractivity contribution is -0.122. The predicted octanol–water partition coefficient (Wildman–Crippen LogP) is 2.00. The van der Waals surface area contributed by atoms with E-state index in [4.69, 9.17) is 9.47 Å². The fourth-order valence-electron chi connectivity index (χ4n) is 3.61. The molecule has 1 N–H and O–H groups in total. The van der Waals surface area contributed by atoms with Gasteiger partial charge in [-0.25, -0.2) is 8.42 Å². The number of nitrogens with one attached hydrogen (secondary N) is 1. The molecule has 160 valence electrons. The van der Waals surface area contributed by atoms with E-state index >= 15 is 0 Å². The van der Waals surface area contributed by atoms with Gasteiger partial charge in [0.05, 0.1) is 31.7 Å². The lowest BCUT2D eigenvalue weighted by Crippen LogP contribution is -2.48.